The van der Waals surface area contributed by atoms with Crippen molar-refractivity contribution in [3.05, 3.63) is 34.3 Å². The fourth-order valence-corrected chi connectivity index (χ4v) is 3.21. The summed E-state index contributed by atoms with van der Waals surface area (Å²) in [6.45, 7) is 6.92. The highest BCUT2D eigenvalue weighted by Crippen LogP contribution is 2.33. The lowest BCUT2D eigenvalue weighted by molar-refractivity contribution is 0.409. The number of fused-ring (bicyclic) bond motifs is 1. The van der Waals surface area contributed by atoms with Gasteiger partial charge in [0, 0.05) is 17.1 Å². The average Bonchev–Trinajstić information content (AvgIpc) is 2.71. The zero-order valence-corrected chi connectivity index (χ0v) is 13.1. The molecule has 1 nitrogen and oxygen atoms in total. The van der Waals surface area contributed by atoms with Crippen molar-refractivity contribution in [1.82, 2.24) is 5.32 Å². The molecular weight excluding hydrogens is 254 g/mol. The van der Waals surface area contributed by atoms with Crippen LogP contribution in [-0.2, 0) is 6.42 Å². The maximum Gasteiger partial charge on any atom is 0.0408 e. The third-order valence-electron chi connectivity index (χ3n) is 4.09. The second kappa shape index (κ2) is 6.76. The number of rotatable bonds is 6. The molecular formula is C17H26ClN. The van der Waals surface area contributed by atoms with Crippen molar-refractivity contribution in [1.29, 1.82) is 0 Å². The summed E-state index contributed by atoms with van der Waals surface area (Å²) in [5, 5.41) is 4.65. The minimum absolute atomic E-state index is 0.529. The van der Waals surface area contributed by atoms with Gasteiger partial charge < -0.3 is 5.32 Å². The first-order chi connectivity index (χ1) is 9.06. The van der Waals surface area contributed by atoms with Gasteiger partial charge in [-0.15, -0.1) is 0 Å². The molecule has 0 fully saturated rings. The molecule has 0 saturated heterocycles. The van der Waals surface area contributed by atoms with Crippen molar-refractivity contribution in [2.45, 2.75) is 65.0 Å². The van der Waals surface area contributed by atoms with E-state index in [0.29, 0.717) is 12.1 Å². The largest absolute Gasteiger partial charge is 0.307 e. The molecule has 2 heteroatoms. The van der Waals surface area contributed by atoms with Crippen LogP contribution in [0.2, 0.25) is 5.02 Å². The Hall–Kier alpha value is -0.530. The first-order valence-corrected chi connectivity index (χ1v) is 7.98. The van der Waals surface area contributed by atoms with Gasteiger partial charge in [-0.3, -0.25) is 0 Å². The Morgan fingerprint density at radius 3 is 2.79 bits per heavy atom. The van der Waals surface area contributed by atoms with E-state index in [0.717, 1.165) is 17.4 Å². The average molecular weight is 280 g/mol. The van der Waals surface area contributed by atoms with Gasteiger partial charge in [-0.25, -0.2) is 0 Å². The van der Waals surface area contributed by atoms with Gasteiger partial charge >= 0.3 is 0 Å². The number of nitrogens with one attached hydrogen (secondary N) is 1. The molecule has 0 saturated carbocycles. The first kappa shape index (κ1) is 14.9. The molecule has 0 bridgehead atoms. The van der Waals surface area contributed by atoms with Crippen molar-refractivity contribution in [2.75, 3.05) is 0 Å². The van der Waals surface area contributed by atoms with Crippen LogP contribution in [0.25, 0.3) is 0 Å². The predicted octanol–water partition coefficient (Wildman–Crippen LogP) is 5.13. The minimum Gasteiger partial charge on any atom is -0.307 e. The molecule has 1 N–H and O–H groups in total. The van der Waals surface area contributed by atoms with Crippen LogP contribution >= 0.6 is 11.6 Å². The van der Waals surface area contributed by atoms with Crippen LogP contribution in [0, 0.1) is 5.92 Å². The van der Waals surface area contributed by atoms with Crippen LogP contribution in [0.15, 0.2) is 18.2 Å². The van der Waals surface area contributed by atoms with Gasteiger partial charge in [0.15, 0.2) is 0 Å². The Kier molecular flexibility index (Phi) is 5.29. The Bertz CT molecular complexity index is 414. The highest BCUT2D eigenvalue weighted by atomic mass is 35.5. The smallest absolute Gasteiger partial charge is 0.0408 e. The van der Waals surface area contributed by atoms with Crippen LogP contribution in [-0.4, -0.2) is 6.04 Å². The number of hydrogen-bond acceptors (Lipinski definition) is 1. The van der Waals surface area contributed by atoms with Gasteiger partial charge in [-0.05, 0) is 55.4 Å². The van der Waals surface area contributed by atoms with Gasteiger partial charge in [0.25, 0.3) is 0 Å². The summed E-state index contributed by atoms with van der Waals surface area (Å²) < 4.78 is 0. The van der Waals surface area contributed by atoms with Gasteiger partial charge in [-0.1, -0.05) is 44.4 Å². The van der Waals surface area contributed by atoms with Crippen LogP contribution in [0.5, 0.6) is 0 Å². The summed E-state index contributed by atoms with van der Waals surface area (Å²) in [4.78, 5) is 0. The van der Waals surface area contributed by atoms with Gasteiger partial charge in [-0.2, -0.15) is 0 Å². The van der Waals surface area contributed by atoms with E-state index in [1.807, 2.05) is 6.07 Å². The Morgan fingerprint density at radius 2 is 2.05 bits per heavy atom. The lowest BCUT2D eigenvalue weighted by Gasteiger charge is -2.20. The molecule has 1 aliphatic carbocycles. The van der Waals surface area contributed by atoms with E-state index in [1.54, 1.807) is 0 Å². The van der Waals surface area contributed by atoms with Crippen LogP contribution < -0.4 is 5.32 Å². The van der Waals surface area contributed by atoms with E-state index in [2.05, 4.69) is 38.2 Å². The summed E-state index contributed by atoms with van der Waals surface area (Å²) in [7, 11) is 0. The number of hydrogen-bond donors (Lipinski definition) is 1. The van der Waals surface area contributed by atoms with Gasteiger partial charge in [0.1, 0.15) is 0 Å². The molecule has 0 aromatic heterocycles. The van der Waals surface area contributed by atoms with Crippen molar-refractivity contribution < 1.29 is 0 Å². The summed E-state index contributed by atoms with van der Waals surface area (Å²) >= 11 is 6.05. The fourth-order valence-electron chi connectivity index (χ4n) is 3.02. The zero-order chi connectivity index (χ0) is 13.8. The standard InChI is InChI=1S/C17H26ClN/c1-12(2)5-4-6-13(3)19-17-10-7-14-11-15(18)8-9-16(14)17/h8-9,11-13,17,19H,4-7,10H2,1-3H3. The van der Waals surface area contributed by atoms with E-state index in [-0.39, 0.29) is 0 Å². The highest BCUT2D eigenvalue weighted by Gasteiger charge is 2.23. The summed E-state index contributed by atoms with van der Waals surface area (Å²) in [6.07, 6.45) is 6.31. The Balaban J connectivity index is 1.85. The maximum atomic E-state index is 6.05. The first-order valence-electron chi connectivity index (χ1n) is 7.60. The third-order valence-corrected chi connectivity index (χ3v) is 4.32. The van der Waals surface area contributed by atoms with Crippen LogP contribution in [0.3, 0.4) is 0 Å². The molecule has 0 radical (unpaired) electrons. The SMILES string of the molecule is CC(C)CCCC(C)NC1CCc2cc(Cl)ccc21. The van der Waals surface area contributed by atoms with E-state index < -0.39 is 0 Å². The molecule has 2 rings (SSSR count). The van der Waals surface area contributed by atoms with E-state index in [4.69, 9.17) is 11.6 Å². The Morgan fingerprint density at radius 1 is 1.26 bits per heavy atom. The van der Waals surface area contributed by atoms with Gasteiger partial charge in [0.2, 0.25) is 0 Å². The molecule has 0 heterocycles. The maximum absolute atomic E-state index is 6.05. The highest BCUT2D eigenvalue weighted by molar-refractivity contribution is 6.30. The molecule has 1 aromatic rings. The third kappa shape index (κ3) is 4.22. The van der Waals surface area contributed by atoms with Crippen molar-refractivity contribution in [2.24, 2.45) is 5.92 Å². The second-order valence-corrected chi connectivity index (χ2v) is 6.76. The number of halogens is 1. The Labute approximate surface area is 122 Å². The molecule has 106 valence electrons. The zero-order valence-electron chi connectivity index (χ0n) is 12.4. The molecule has 0 aliphatic heterocycles. The lowest BCUT2D eigenvalue weighted by Crippen LogP contribution is -2.29. The van der Waals surface area contributed by atoms with Crippen molar-refractivity contribution >= 4 is 11.6 Å². The molecule has 2 atom stereocenters. The number of aryl methyl sites for hydroxylation is 1. The van der Waals surface area contributed by atoms with Crippen LogP contribution in [0.4, 0.5) is 0 Å². The summed E-state index contributed by atoms with van der Waals surface area (Å²) in [6, 6.07) is 7.47. The summed E-state index contributed by atoms with van der Waals surface area (Å²) in [5.74, 6) is 0.821. The molecule has 19 heavy (non-hydrogen) atoms. The van der Waals surface area contributed by atoms with E-state index >= 15 is 0 Å². The number of benzene rings is 1. The fraction of sp³-hybridized carbons (Fsp3) is 0.647. The molecule has 0 spiro atoms. The van der Waals surface area contributed by atoms with E-state index in [1.165, 1.54) is 36.8 Å². The van der Waals surface area contributed by atoms with E-state index in [9.17, 15) is 0 Å². The molecule has 1 aliphatic rings. The van der Waals surface area contributed by atoms with Crippen molar-refractivity contribution in [3.63, 3.8) is 0 Å². The molecule has 2 unspecified atom stereocenters. The lowest BCUT2D eigenvalue weighted by atomic mass is 10.0. The molecule has 1 aromatic carbocycles. The van der Waals surface area contributed by atoms with Gasteiger partial charge in [0.05, 0.1) is 0 Å². The predicted molar refractivity (Wildman–Crippen MR) is 83.8 cm³/mol. The van der Waals surface area contributed by atoms with Crippen LogP contribution in [0.1, 0.15) is 63.6 Å². The quantitative estimate of drug-likeness (QED) is 0.761. The normalized spacial score (nSPS) is 19.7. The monoisotopic (exact) mass is 279 g/mol. The van der Waals surface area contributed by atoms with Crippen molar-refractivity contribution in [3.8, 4) is 0 Å². The minimum atomic E-state index is 0.529. The summed E-state index contributed by atoms with van der Waals surface area (Å²) in [5.41, 5.74) is 2.89. The second-order valence-electron chi connectivity index (χ2n) is 6.33. The molecule has 0 amide bonds. The topological polar surface area (TPSA) is 12.0 Å².